The smallest absolute Gasteiger partial charge is 0.317 e. The van der Waals surface area contributed by atoms with Crippen LogP contribution >= 0.6 is 0 Å². The van der Waals surface area contributed by atoms with Crippen LogP contribution in [0, 0.1) is 5.41 Å². The highest BCUT2D eigenvalue weighted by atomic mass is 16.5. The van der Waals surface area contributed by atoms with Crippen molar-refractivity contribution >= 4 is 12.0 Å². The molecule has 0 aliphatic carbocycles. The maximum Gasteiger partial charge on any atom is 0.317 e. The summed E-state index contributed by atoms with van der Waals surface area (Å²) in [6.07, 6.45) is -0.0471. The number of aliphatic carboxylic acids is 1. The van der Waals surface area contributed by atoms with Gasteiger partial charge in [-0.25, -0.2) is 4.79 Å². The van der Waals surface area contributed by atoms with Gasteiger partial charge in [0.15, 0.2) is 0 Å². The van der Waals surface area contributed by atoms with E-state index in [0.29, 0.717) is 13.2 Å². The second-order valence-corrected chi connectivity index (χ2v) is 5.07. The lowest BCUT2D eigenvalue weighted by Gasteiger charge is -2.27. The SMILES string of the molecule is CN(CCC(=O)O)C(=O)NC1COCC1(C)C. The lowest BCUT2D eigenvalue weighted by atomic mass is 9.88. The van der Waals surface area contributed by atoms with E-state index in [1.807, 2.05) is 13.8 Å². The van der Waals surface area contributed by atoms with Gasteiger partial charge in [0.05, 0.1) is 25.7 Å². The average molecular weight is 244 g/mol. The Balaban J connectivity index is 2.40. The third kappa shape index (κ3) is 3.89. The molecule has 1 aliphatic heterocycles. The Kier molecular flexibility index (Phi) is 4.34. The number of amides is 2. The quantitative estimate of drug-likeness (QED) is 0.756. The number of nitrogens with zero attached hydrogens (tertiary/aromatic N) is 1. The van der Waals surface area contributed by atoms with E-state index >= 15 is 0 Å². The fourth-order valence-electron chi connectivity index (χ4n) is 1.63. The van der Waals surface area contributed by atoms with Crippen molar-refractivity contribution in [3.8, 4) is 0 Å². The molecular formula is C11H20N2O4. The summed E-state index contributed by atoms with van der Waals surface area (Å²) in [7, 11) is 1.58. The molecule has 6 nitrogen and oxygen atoms in total. The van der Waals surface area contributed by atoms with Gasteiger partial charge in [-0.2, -0.15) is 0 Å². The van der Waals surface area contributed by atoms with Crippen LogP contribution in [-0.2, 0) is 9.53 Å². The normalized spacial score (nSPS) is 22.2. The maximum absolute atomic E-state index is 11.8. The maximum atomic E-state index is 11.8. The van der Waals surface area contributed by atoms with Crippen molar-refractivity contribution in [2.45, 2.75) is 26.3 Å². The van der Waals surface area contributed by atoms with Crippen molar-refractivity contribution in [2.75, 3.05) is 26.8 Å². The standard InChI is InChI=1S/C11H20N2O4/c1-11(2)7-17-6-8(11)12-10(16)13(3)5-4-9(14)15/h8H,4-7H2,1-3H3,(H,12,16)(H,14,15). The third-order valence-corrected chi connectivity index (χ3v) is 3.01. The molecule has 0 saturated carbocycles. The van der Waals surface area contributed by atoms with Crippen LogP contribution < -0.4 is 5.32 Å². The average Bonchev–Trinajstić information content (AvgIpc) is 2.54. The van der Waals surface area contributed by atoms with Gasteiger partial charge in [-0.05, 0) is 0 Å². The number of rotatable bonds is 4. The highest BCUT2D eigenvalue weighted by molar-refractivity contribution is 5.75. The van der Waals surface area contributed by atoms with Gasteiger partial charge in [0, 0.05) is 19.0 Å². The van der Waals surface area contributed by atoms with Crippen LogP contribution in [0.2, 0.25) is 0 Å². The fraction of sp³-hybridized carbons (Fsp3) is 0.818. The van der Waals surface area contributed by atoms with Crippen LogP contribution in [0.4, 0.5) is 4.79 Å². The second kappa shape index (κ2) is 5.35. The third-order valence-electron chi connectivity index (χ3n) is 3.01. The van der Waals surface area contributed by atoms with Gasteiger partial charge in [0.1, 0.15) is 0 Å². The molecule has 0 aromatic carbocycles. The lowest BCUT2D eigenvalue weighted by Crippen LogP contribution is -2.49. The lowest BCUT2D eigenvalue weighted by molar-refractivity contribution is -0.137. The Labute approximate surface area is 101 Å². The Morgan fingerprint density at radius 1 is 1.53 bits per heavy atom. The van der Waals surface area contributed by atoms with Crippen molar-refractivity contribution < 1.29 is 19.4 Å². The molecule has 0 bridgehead atoms. The predicted molar refractivity (Wildman–Crippen MR) is 61.8 cm³/mol. The molecule has 17 heavy (non-hydrogen) atoms. The zero-order chi connectivity index (χ0) is 13.1. The van der Waals surface area contributed by atoms with E-state index in [9.17, 15) is 9.59 Å². The first kappa shape index (κ1) is 13.8. The van der Waals surface area contributed by atoms with Crippen molar-refractivity contribution in [3.63, 3.8) is 0 Å². The first-order chi connectivity index (χ1) is 7.83. The molecule has 1 rings (SSSR count). The monoisotopic (exact) mass is 244 g/mol. The minimum absolute atomic E-state index is 0.0257. The molecule has 6 heteroatoms. The van der Waals surface area contributed by atoms with Crippen LogP contribution in [0.3, 0.4) is 0 Å². The molecule has 1 fully saturated rings. The number of hydrogen-bond donors (Lipinski definition) is 2. The molecular weight excluding hydrogens is 224 g/mol. The fourth-order valence-corrected chi connectivity index (χ4v) is 1.63. The van der Waals surface area contributed by atoms with E-state index in [4.69, 9.17) is 9.84 Å². The number of carboxylic acids is 1. The molecule has 0 spiro atoms. The number of hydrogen-bond acceptors (Lipinski definition) is 3. The highest BCUT2D eigenvalue weighted by Gasteiger charge is 2.37. The van der Waals surface area contributed by atoms with Crippen molar-refractivity contribution in [2.24, 2.45) is 5.41 Å². The van der Waals surface area contributed by atoms with Crippen LogP contribution in [0.25, 0.3) is 0 Å². The highest BCUT2D eigenvalue weighted by Crippen LogP contribution is 2.27. The molecule has 2 amide bonds. The molecule has 1 heterocycles. The molecule has 0 aromatic heterocycles. The number of carboxylic acid groups (broad SMARTS) is 1. The number of nitrogens with one attached hydrogen (secondary N) is 1. The van der Waals surface area contributed by atoms with Gasteiger partial charge in [-0.15, -0.1) is 0 Å². The van der Waals surface area contributed by atoms with Crippen molar-refractivity contribution in [1.29, 1.82) is 0 Å². The van der Waals surface area contributed by atoms with E-state index in [1.54, 1.807) is 7.05 Å². The minimum atomic E-state index is -0.908. The molecule has 1 unspecified atom stereocenters. The van der Waals surface area contributed by atoms with Gasteiger partial charge in [-0.1, -0.05) is 13.8 Å². The minimum Gasteiger partial charge on any atom is -0.481 e. The summed E-state index contributed by atoms with van der Waals surface area (Å²) in [5.41, 5.74) is -0.0801. The largest absolute Gasteiger partial charge is 0.481 e. The van der Waals surface area contributed by atoms with Crippen LogP contribution in [0.1, 0.15) is 20.3 Å². The molecule has 0 radical (unpaired) electrons. The van der Waals surface area contributed by atoms with Crippen molar-refractivity contribution in [3.05, 3.63) is 0 Å². The zero-order valence-corrected chi connectivity index (χ0v) is 10.5. The van der Waals surface area contributed by atoms with Crippen LogP contribution in [0.5, 0.6) is 0 Å². The second-order valence-electron chi connectivity index (χ2n) is 5.07. The Bertz CT molecular complexity index is 304. The first-order valence-electron chi connectivity index (χ1n) is 5.64. The van der Waals surface area contributed by atoms with Gasteiger partial charge in [-0.3, -0.25) is 4.79 Å². The Morgan fingerprint density at radius 2 is 2.18 bits per heavy atom. The number of urea groups is 1. The van der Waals surface area contributed by atoms with E-state index in [-0.39, 0.29) is 30.5 Å². The summed E-state index contributed by atoms with van der Waals surface area (Å²) in [6, 6.07) is -0.280. The number of carbonyl (C=O) groups is 2. The van der Waals surface area contributed by atoms with Crippen LogP contribution in [-0.4, -0.2) is 54.9 Å². The van der Waals surface area contributed by atoms with Gasteiger partial charge < -0.3 is 20.1 Å². The number of carbonyl (C=O) groups excluding carboxylic acids is 1. The predicted octanol–water partition coefficient (Wildman–Crippen LogP) is 0.527. The van der Waals surface area contributed by atoms with Crippen LogP contribution in [0.15, 0.2) is 0 Å². The summed E-state index contributed by atoms with van der Waals surface area (Å²) in [5, 5.41) is 11.4. The van der Waals surface area contributed by atoms with E-state index in [1.165, 1.54) is 4.90 Å². The van der Waals surface area contributed by atoms with Gasteiger partial charge in [0.25, 0.3) is 0 Å². The van der Waals surface area contributed by atoms with E-state index < -0.39 is 5.97 Å². The Morgan fingerprint density at radius 3 is 2.65 bits per heavy atom. The van der Waals surface area contributed by atoms with Crippen molar-refractivity contribution in [1.82, 2.24) is 10.2 Å². The van der Waals surface area contributed by atoms with E-state index in [0.717, 1.165) is 0 Å². The molecule has 1 atom stereocenters. The summed E-state index contributed by atoms with van der Waals surface area (Å²) >= 11 is 0. The zero-order valence-electron chi connectivity index (χ0n) is 10.5. The molecule has 2 N–H and O–H groups in total. The Hall–Kier alpha value is -1.30. The van der Waals surface area contributed by atoms with E-state index in [2.05, 4.69) is 5.32 Å². The van der Waals surface area contributed by atoms with Gasteiger partial charge in [0.2, 0.25) is 0 Å². The molecule has 1 saturated heterocycles. The summed E-state index contributed by atoms with van der Waals surface area (Å²) < 4.78 is 5.32. The summed E-state index contributed by atoms with van der Waals surface area (Å²) in [4.78, 5) is 23.5. The molecule has 0 aromatic rings. The summed E-state index contributed by atoms with van der Waals surface area (Å²) in [6.45, 7) is 5.39. The molecule has 1 aliphatic rings. The topological polar surface area (TPSA) is 78.9 Å². The molecule has 98 valence electrons. The van der Waals surface area contributed by atoms with Gasteiger partial charge >= 0.3 is 12.0 Å². The number of ether oxygens (including phenoxy) is 1. The summed E-state index contributed by atoms with van der Waals surface area (Å²) in [5.74, 6) is -0.908. The first-order valence-corrected chi connectivity index (χ1v) is 5.64.